The van der Waals surface area contributed by atoms with E-state index < -0.39 is 10.8 Å². The van der Waals surface area contributed by atoms with Crippen LogP contribution in [0, 0.1) is 0 Å². The lowest BCUT2D eigenvalue weighted by Crippen LogP contribution is -2.22. The van der Waals surface area contributed by atoms with E-state index in [1.165, 1.54) is 0 Å². The quantitative estimate of drug-likeness (QED) is 0.811. The van der Waals surface area contributed by atoms with Crippen LogP contribution in [0.25, 0.3) is 0 Å². The van der Waals surface area contributed by atoms with Crippen LogP contribution in [0.4, 0.5) is 5.69 Å². The molecule has 0 aliphatic rings. The van der Waals surface area contributed by atoms with Crippen LogP contribution >= 0.6 is 28.1 Å². The van der Waals surface area contributed by atoms with Gasteiger partial charge >= 0.3 is 0 Å². The fourth-order valence-electron chi connectivity index (χ4n) is 1.29. The molecule has 0 fully saturated rings. The third-order valence-electron chi connectivity index (χ3n) is 2.41. The third kappa shape index (κ3) is 4.04. The lowest BCUT2D eigenvalue weighted by Gasteiger charge is -2.15. The van der Waals surface area contributed by atoms with Gasteiger partial charge in [0, 0.05) is 44.6 Å². The molecule has 94 valence electrons. The second-order valence-corrected chi connectivity index (χ2v) is 6.81. The summed E-state index contributed by atoms with van der Waals surface area (Å²) in [5.41, 5.74) is 7.34. The predicted octanol–water partition coefficient (Wildman–Crippen LogP) is 2.26. The topological polar surface area (TPSA) is 55.1 Å². The molecule has 0 saturated carbocycles. The highest BCUT2D eigenvalue weighted by atomic mass is 79.9. The number of anilines is 1. The van der Waals surface area contributed by atoms with E-state index in [0.29, 0.717) is 11.5 Å². The van der Waals surface area contributed by atoms with Gasteiger partial charge in [-0.2, -0.15) is 0 Å². The summed E-state index contributed by atoms with van der Waals surface area (Å²) in [6.07, 6.45) is 1.70. The Morgan fingerprint density at radius 2 is 2.29 bits per heavy atom. The van der Waals surface area contributed by atoms with Crippen LogP contribution in [-0.2, 0) is 10.8 Å². The van der Waals surface area contributed by atoms with Crippen LogP contribution in [0.2, 0.25) is 0 Å². The minimum Gasteiger partial charge on any atom is -0.389 e. The van der Waals surface area contributed by atoms with Crippen molar-refractivity contribution in [1.29, 1.82) is 0 Å². The first kappa shape index (κ1) is 14.6. The van der Waals surface area contributed by atoms with E-state index in [0.717, 1.165) is 15.7 Å². The zero-order valence-corrected chi connectivity index (χ0v) is 12.9. The maximum Gasteiger partial charge on any atom is 0.107 e. The van der Waals surface area contributed by atoms with Gasteiger partial charge in [0.2, 0.25) is 0 Å². The van der Waals surface area contributed by atoms with E-state index in [2.05, 4.69) is 21.2 Å². The lowest BCUT2D eigenvalue weighted by atomic mass is 10.1. The largest absolute Gasteiger partial charge is 0.389 e. The first-order valence-corrected chi connectivity index (χ1v) is 7.90. The van der Waals surface area contributed by atoms with E-state index in [1.807, 2.05) is 25.1 Å². The van der Waals surface area contributed by atoms with Crippen molar-refractivity contribution < 1.29 is 4.21 Å². The van der Waals surface area contributed by atoms with Gasteiger partial charge in [0.15, 0.2) is 0 Å². The van der Waals surface area contributed by atoms with Crippen LogP contribution in [0.5, 0.6) is 0 Å². The zero-order valence-electron chi connectivity index (χ0n) is 9.70. The number of rotatable bonds is 5. The molecule has 1 aromatic rings. The zero-order chi connectivity index (χ0) is 13.0. The smallest absolute Gasteiger partial charge is 0.107 e. The second kappa shape index (κ2) is 6.47. The molecular weight excluding hydrogens is 320 g/mol. The molecule has 1 rings (SSSR count). The molecule has 2 unspecified atom stereocenters. The Balaban J connectivity index is 2.88. The number of thiocarbonyl (C=S) groups is 1. The Labute approximate surface area is 118 Å². The van der Waals surface area contributed by atoms with Crippen molar-refractivity contribution >= 4 is 49.6 Å². The summed E-state index contributed by atoms with van der Waals surface area (Å²) in [4.78, 5) is 0.338. The van der Waals surface area contributed by atoms with Crippen molar-refractivity contribution in [2.75, 3.05) is 18.1 Å². The molecule has 6 heteroatoms. The summed E-state index contributed by atoms with van der Waals surface area (Å²) < 4.78 is 12.1. The normalized spacial score (nSPS) is 14.1. The first-order valence-electron chi connectivity index (χ1n) is 5.08. The number of nitrogens with one attached hydrogen (secondary N) is 1. The monoisotopic (exact) mass is 334 g/mol. The van der Waals surface area contributed by atoms with Crippen molar-refractivity contribution in [2.24, 2.45) is 5.73 Å². The maximum atomic E-state index is 11.3. The minimum absolute atomic E-state index is 0.0770. The van der Waals surface area contributed by atoms with Crippen molar-refractivity contribution in [3.05, 3.63) is 28.2 Å². The molecule has 0 amide bonds. The van der Waals surface area contributed by atoms with Crippen LogP contribution < -0.4 is 11.1 Å². The fraction of sp³-hybridized carbons (Fsp3) is 0.364. The average Bonchev–Trinajstić information content (AvgIpc) is 2.24. The van der Waals surface area contributed by atoms with Crippen molar-refractivity contribution in [2.45, 2.75) is 12.2 Å². The molecule has 0 bridgehead atoms. The molecular formula is C11H15BrN2OS2. The summed E-state index contributed by atoms with van der Waals surface area (Å²) in [5.74, 6) is 0. The number of hydrogen-bond acceptors (Lipinski definition) is 3. The molecule has 2 atom stereocenters. The summed E-state index contributed by atoms with van der Waals surface area (Å²) in [5, 5.41) is 3.30. The van der Waals surface area contributed by atoms with Gasteiger partial charge in [0.25, 0.3) is 0 Å². The molecule has 0 radical (unpaired) electrons. The number of benzene rings is 1. The summed E-state index contributed by atoms with van der Waals surface area (Å²) >= 11 is 8.43. The van der Waals surface area contributed by atoms with E-state index in [4.69, 9.17) is 18.0 Å². The number of hydrogen-bond donors (Lipinski definition) is 2. The molecule has 1 aromatic carbocycles. The second-order valence-electron chi connectivity index (χ2n) is 3.72. The van der Waals surface area contributed by atoms with Gasteiger partial charge < -0.3 is 11.1 Å². The highest BCUT2D eigenvalue weighted by molar-refractivity contribution is 9.10. The SMILES string of the molecule is CC(CNc1cccc(Br)c1C(N)=S)S(C)=O. The molecule has 0 aliphatic carbocycles. The lowest BCUT2D eigenvalue weighted by molar-refractivity contribution is 0.679. The number of halogens is 1. The van der Waals surface area contributed by atoms with Gasteiger partial charge in [-0.15, -0.1) is 0 Å². The van der Waals surface area contributed by atoms with Gasteiger partial charge in [-0.05, 0) is 35.0 Å². The first-order chi connectivity index (χ1) is 7.93. The average molecular weight is 335 g/mol. The molecule has 17 heavy (non-hydrogen) atoms. The van der Waals surface area contributed by atoms with E-state index in [-0.39, 0.29) is 5.25 Å². The molecule has 3 nitrogen and oxygen atoms in total. The van der Waals surface area contributed by atoms with E-state index >= 15 is 0 Å². The van der Waals surface area contributed by atoms with E-state index in [9.17, 15) is 4.21 Å². The minimum atomic E-state index is -0.845. The molecule has 0 saturated heterocycles. The van der Waals surface area contributed by atoms with Crippen LogP contribution in [-0.4, -0.2) is 27.2 Å². The Kier molecular flexibility index (Phi) is 5.55. The van der Waals surface area contributed by atoms with Gasteiger partial charge in [-0.1, -0.05) is 18.3 Å². The van der Waals surface area contributed by atoms with E-state index in [1.54, 1.807) is 6.26 Å². The molecule has 0 aliphatic heterocycles. The highest BCUT2D eigenvalue weighted by Crippen LogP contribution is 2.24. The molecule has 3 N–H and O–H groups in total. The van der Waals surface area contributed by atoms with Crippen molar-refractivity contribution in [3.63, 3.8) is 0 Å². The van der Waals surface area contributed by atoms with Crippen molar-refractivity contribution in [1.82, 2.24) is 0 Å². The van der Waals surface area contributed by atoms with Gasteiger partial charge in [-0.25, -0.2) is 0 Å². The van der Waals surface area contributed by atoms with Gasteiger partial charge in [0.05, 0.1) is 0 Å². The molecule has 0 spiro atoms. The Morgan fingerprint density at radius 1 is 1.65 bits per heavy atom. The van der Waals surface area contributed by atoms with Crippen molar-refractivity contribution in [3.8, 4) is 0 Å². The predicted molar refractivity (Wildman–Crippen MR) is 82.0 cm³/mol. The van der Waals surface area contributed by atoms with Crippen LogP contribution in [0.3, 0.4) is 0 Å². The summed E-state index contributed by atoms with van der Waals surface area (Å²) in [6.45, 7) is 2.55. The van der Waals surface area contributed by atoms with Crippen LogP contribution in [0.15, 0.2) is 22.7 Å². The summed E-state index contributed by atoms with van der Waals surface area (Å²) in [6, 6.07) is 5.70. The maximum absolute atomic E-state index is 11.3. The Bertz CT molecular complexity index is 451. The van der Waals surface area contributed by atoms with Crippen LogP contribution in [0.1, 0.15) is 12.5 Å². The Morgan fingerprint density at radius 3 is 2.82 bits per heavy atom. The molecule has 0 heterocycles. The fourth-order valence-corrected chi connectivity index (χ4v) is 2.54. The summed E-state index contributed by atoms with van der Waals surface area (Å²) in [7, 11) is -0.845. The Hall–Kier alpha value is -0.460. The molecule has 0 aromatic heterocycles. The third-order valence-corrected chi connectivity index (χ3v) is 4.57. The van der Waals surface area contributed by atoms with Gasteiger partial charge in [0.1, 0.15) is 4.99 Å². The highest BCUT2D eigenvalue weighted by Gasteiger charge is 2.11. The van der Waals surface area contributed by atoms with Gasteiger partial charge in [-0.3, -0.25) is 4.21 Å². The number of nitrogens with two attached hydrogens (primary N) is 1. The standard InChI is InChI=1S/C11H15BrN2OS2/c1-7(17(2)15)6-14-9-5-3-4-8(12)10(9)11(13)16/h3-5,7,14H,6H2,1-2H3,(H2,13,16).